The van der Waals surface area contributed by atoms with Crippen molar-refractivity contribution in [2.24, 2.45) is 11.5 Å². The minimum absolute atomic E-state index is 0.102. The van der Waals surface area contributed by atoms with Crippen LogP contribution in [0.1, 0.15) is 42.6 Å². The first-order valence-electron chi connectivity index (χ1n) is 7.45. The van der Waals surface area contributed by atoms with Crippen LogP contribution in [-0.2, 0) is 0 Å². The molecule has 2 rings (SSSR count). The molecular weight excluding hydrogens is 292 g/mol. The van der Waals surface area contributed by atoms with Crippen LogP contribution >= 0.6 is 0 Å². The summed E-state index contributed by atoms with van der Waals surface area (Å²) in [7, 11) is 1.51. The molecule has 2 unspecified atom stereocenters. The quantitative estimate of drug-likeness (QED) is 0.696. The van der Waals surface area contributed by atoms with Gasteiger partial charge in [-0.05, 0) is 32.4 Å². The molecule has 0 bridgehead atoms. The fourth-order valence-electron chi connectivity index (χ4n) is 2.12. The summed E-state index contributed by atoms with van der Waals surface area (Å²) in [4.78, 5) is 0. The summed E-state index contributed by atoms with van der Waals surface area (Å²) < 4.78 is 4.93. The van der Waals surface area contributed by atoms with Crippen molar-refractivity contribution in [1.29, 1.82) is 0 Å². The number of rotatable bonds is 3. The molecule has 0 amide bonds. The summed E-state index contributed by atoms with van der Waals surface area (Å²) in [5, 5.41) is 19.0. The molecular formula is C18H26N2O3. The highest BCUT2D eigenvalue weighted by Crippen LogP contribution is 2.32. The molecule has 2 aromatic rings. The molecule has 0 aliphatic heterocycles. The molecule has 0 saturated carbocycles. The number of para-hydroxylation sites is 2. The van der Waals surface area contributed by atoms with E-state index in [-0.39, 0.29) is 17.8 Å². The lowest BCUT2D eigenvalue weighted by Crippen LogP contribution is -2.05. The number of benzene rings is 2. The third-order valence-corrected chi connectivity index (χ3v) is 3.50. The first-order chi connectivity index (χ1) is 10.8. The number of phenolic OH excluding ortho intramolecular Hbond substituents is 2. The molecule has 0 saturated heterocycles. The number of hydrogen-bond acceptors (Lipinski definition) is 5. The van der Waals surface area contributed by atoms with Crippen LogP contribution in [0.4, 0.5) is 0 Å². The van der Waals surface area contributed by atoms with Gasteiger partial charge in [-0.1, -0.05) is 30.3 Å². The molecule has 2 atom stereocenters. The molecule has 126 valence electrons. The van der Waals surface area contributed by atoms with Crippen molar-refractivity contribution in [3.8, 4) is 17.2 Å². The second-order valence-corrected chi connectivity index (χ2v) is 5.49. The zero-order chi connectivity index (χ0) is 17.6. The summed E-state index contributed by atoms with van der Waals surface area (Å²) >= 11 is 0. The van der Waals surface area contributed by atoms with Gasteiger partial charge in [0.1, 0.15) is 5.75 Å². The van der Waals surface area contributed by atoms with Crippen molar-refractivity contribution in [2.45, 2.75) is 32.9 Å². The highest BCUT2D eigenvalue weighted by molar-refractivity contribution is 5.46. The minimum atomic E-state index is -0.180. The Morgan fingerprint density at radius 2 is 1.35 bits per heavy atom. The normalized spacial score (nSPS) is 12.8. The van der Waals surface area contributed by atoms with Gasteiger partial charge in [0, 0.05) is 23.2 Å². The summed E-state index contributed by atoms with van der Waals surface area (Å²) in [5.41, 5.74) is 13.6. The zero-order valence-electron chi connectivity index (χ0n) is 14.1. The Bertz CT molecular complexity index is 640. The third kappa shape index (κ3) is 4.87. The van der Waals surface area contributed by atoms with E-state index in [4.69, 9.17) is 16.2 Å². The van der Waals surface area contributed by atoms with Crippen LogP contribution in [0.3, 0.4) is 0 Å². The third-order valence-electron chi connectivity index (χ3n) is 3.50. The van der Waals surface area contributed by atoms with Gasteiger partial charge in [0.05, 0.1) is 7.11 Å². The Kier molecular flexibility index (Phi) is 6.88. The van der Waals surface area contributed by atoms with E-state index in [1.165, 1.54) is 7.11 Å². The van der Waals surface area contributed by atoms with E-state index >= 15 is 0 Å². The number of aromatic hydroxyl groups is 2. The average Bonchev–Trinajstić information content (AvgIpc) is 2.50. The maximum absolute atomic E-state index is 9.55. The van der Waals surface area contributed by atoms with Crippen molar-refractivity contribution in [2.75, 3.05) is 7.11 Å². The molecule has 0 aliphatic rings. The van der Waals surface area contributed by atoms with Gasteiger partial charge in [-0.2, -0.15) is 0 Å². The van der Waals surface area contributed by atoms with Crippen LogP contribution in [-0.4, -0.2) is 17.3 Å². The van der Waals surface area contributed by atoms with Crippen LogP contribution < -0.4 is 16.2 Å². The second kappa shape index (κ2) is 8.41. The number of methoxy groups -OCH3 is 1. The smallest absolute Gasteiger partial charge is 0.162 e. The summed E-state index contributed by atoms with van der Waals surface area (Å²) in [5.74, 6) is 0.919. The lowest BCUT2D eigenvalue weighted by Gasteiger charge is -2.10. The van der Waals surface area contributed by atoms with Gasteiger partial charge < -0.3 is 26.4 Å². The molecule has 0 fully saturated rings. The molecule has 0 heterocycles. The number of ether oxygens (including phenoxy) is 1. The van der Waals surface area contributed by atoms with Gasteiger partial charge in [-0.25, -0.2) is 0 Å². The topological polar surface area (TPSA) is 102 Å². The Hall–Kier alpha value is -2.24. The van der Waals surface area contributed by atoms with E-state index in [1.54, 1.807) is 18.2 Å². The lowest BCUT2D eigenvalue weighted by molar-refractivity contribution is 0.369. The van der Waals surface area contributed by atoms with Crippen molar-refractivity contribution >= 4 is 0 Å². The molecule has 0 aliphatic carbocycles. The Morgan fingerprint density at radius 1 is 0.870 bits per heavy atom. The van der Waals surface area contributed by atoms with E-state index in [0.29, 0.717) is 17.1 Å². The molecule has 0 radical (unpaired) electrons. The van der Waals surface area contributed by atoms with Gasteiger partial charge in [0.15, 0.2) is 11.5 Å². The fourth-order valence-corrected chi connectivity index (χ4v) is 2.12. The molecule has 0 spiro atoms. The van der Waals surface area contributed by atoms with E-state index < -0.39 is 0 Å². The number of nitrogens with two attached hydrogens (primary N) is 2. The van der Waals surface area contributed by atoms with Crippen LogP contribution in [0, 0.1) is 6.92 Å². The lowest BCUT2D eigenvalue weighted by atomic mass is 10.1. The largest absolute Gasteiger partial charge is 0.507 e. The maximum Gasteiger partial charge on any atom is 0.162 e. The van der Waals surface area contributed by atoms with Gasteiger partial charge in [0.2, 0.25) is 0 Å². The van der Waals surface area contributed by atoms with Gasteiger partial charge in [0.25, 0.3) is 0 Å². The number of hydrogen-bond donors (Lipinski definition) is 4. The van der Waals surface area contributed by atoms with Crippen molar-refractivity contribution in [3.05, 3.63) is 53.1 Å². The molecule has 0 aromatic heterocycles. The van der Waals surface area contributed by atoms with E-state index in [1.807, 2.05) is 39.0 Å². The maximum atomic E-state index is 9.55. The van der Waals surface area contributed by atoms with Crippen molar-refractivity contribution < 1.29 is 14.9 Å². The summed E-state index contributed by atoms with van der Waals surface area (Å²) in [6.07, 6.45) is 0. The zero-order valence-corrected chi connectivity index (χ0v) is 14.1. The summed E-state index contributed by atoms with van der Waals surface area (Å²) in [6, 6.07) is 10.6. The highest BCUT2D eigenvalue weighted by atomic mass is 16.5. The standard InChI is InChI=1S/C9H13NO2.C9H13NO/c1-6(10)7-4-3-5-8(12-2)9(7)11;1-6-4-3-5-8(7(2)10)9(6)11/h3-6,11H,10H2,1-2H3;3-5,7,11H,10H2,1-2H3. The number of aryl methyl sites for hydroxylation is 1. The van der Waals surface area contributed by atoms with Gasteiger partial charge >= 0.3 is 0 Å². The Morgan fingerprint density at radius 3 is 1.78 bits per heavy atom. The van der Waals surface area contributed by atoms with E-state index in [0.717, 1.165) is 11.1 Å². The van der Waals surface area contributed by atoms with Crippen LogP contribution in [0.15, 0.2) is 36.4 Å². The van der Waals surface area contributed by atoms with Crippen molar-refractivity contribution in [1.82, 2.24) is 0 Å². The monoisotopic (exact) mass is 318 g/mol. The Balaban J connectivity index is 0.000000231. The molecule has 5 heteroatoms. The Labute approximate surface area is 137 Å². The second-order valence-electron chi connectivity index (χ2n) is 5.49. The average molecular weight is 318 g/mol. The summed E-state index contributed by atoms with van der Waals surface area (Å²) in [6.45, 7) is 5.53. The number of phenols is 2. The van der Waals surface area contributed by atoms with Gasteiger partial charge in [-0.3, -0.25) is 0 Å². The highest BCUT2D eigenvalue weighted by Gasteiger charge is 2.09. The van der Waals surface area contributed by atoms with Crippen molar-refractivity contribution in [3.63, 3.8) is 0 Å². The van der Waals surface area contributed by atoms with E-state index in [9.17, 15) is 10.2 Å². The molecule has 6 N–H and O–H groups in total. The predicted octanol–water partition coefficient (Wildman–Crippen LogP) is 3.14. The minimum Gasteiger partial charge on any atom is -0.507 e. The van der Waals surface area contributed by atoms with Crippen LogP contribution in [0.5, 0.6) is 17.2 Å². The predicted molar refractivity (Wildman–Crippen MR) is 92.7 cm³/mol. The van der Waals surface area contributed by atoms with E-state index in [2.05, 4.69) is 0 Å². The fraction of sp³-hybridized carbons (Fsp3) is 0.333. The first-order valence-corrected chi connectivity index (χ1v) is 7.45. The van der Waals surface area contributed by atoms with Crippen LogP contribution in [0.2, 0.25) is 0 Å². The molecule has 2 aromatic carbocycles. The van der Waals surface area contributed by atoms with Crippen LogP contribution in [0.25, 0.3) is 0 Å². The van der Waals surface area contributed by atoms with Gasteiger partial charge in [-0.15, -0.1) is 0 Å². The first kappa shape index (κ1) is 18.8. The molecule has 5 nitrogen and oxygen atoms in total. The molecule has 23 heavy (non-hydrogen) atoms. The SMILES string of the molecule is COc1cccc(C(C)N)c1O.Cc1cccc(C(C)N)c1O.